The summed E-state index contributed by atoms with van der Waals surface area (Å²) >= 11 is 0. The molecule has 1 amide bonds. The van der Waals surface area contributed by atoms with Crippen LogP contribution in [0.2, 0.25) is 0 Å². The summed E-state index contributed by atoms with van der Waals surface area (Å²) in [6, 6.07) is 22.8. The predicted molar refractivity (Wildman–Crippen MR) is 117 cm³/mol. The van der Waals surface area contributed by atoms with E-state index in [1.807, 2.05) is 54.6 Å². The minimum Gasteiger partial charge on any atom is -0.497 e. The van der Waals surface area contributed by atoms with E-state index in [0.29, 0.717) is 25.4 Å². The number of halogens is 1. The number of nitrogens with zero attached hydrogens (tertiary/aromatic N) is 1. The lowest BCUT2D eigenvalue weighted by Crippen LogP contribution is -2.45. The molecule has 3 aromatic rings. The normalized spacial score (nSPS) is 17.7. The molecule has 5 nitrogen and oxygen atoms in total. The molecule has 2 atom stereocenters. The van der Waals surface area contributed by atoms with Crippen LogP contribution in [0.4, 0.5) is 10.1 Å². The van der Waals surface area contributed by atoms with Crippen LogP contribution in [0.1, 0.15) is 23.3 Å². The van der Waals surface area contributed by atoms with Crippen molar-refractivity contribution in [3.05, 3.63) is 95.8 Å². The molecule has 1 saturated heterocycles. The number of nitrogens with one attached hydrogen (secondary N) is 1. The maximum absolute atomic E-state index is 13.4. The smallest absolute Gasteiger partial charge is 0.246 e. The van der Waals surface area contributed by atoms with E-state index in [1.165, 1.54) is 12.1 Å². The standard InChI is InChI=1S/C25H25FN2O3/c1-30-22-13-11-21(12-14-22)27-25(29)24(19-5-3-2-4-6-19)28-15-16-31-23(17-28)18-7-9-20(26)10-8-18/h2-14,23-24H,15-17H2,1H3,(H,27,29). The van der Waals surface area contributed by atoms with Crippen molar-refractivity contribution >= 4 is 11.6 Å². The van der Waals surface area contributed by atoms with Crippen LogP contribution in [0, 0.1) is 5.82 Å². The van der Waals surface area contributed by atoms with Crippen LogP contribution < -0.4 is 10.1 Å². The fourth-order valence-electron chi connectivity index (χ4n) is 3.83. The molecule has 0 aromatic heterocycles. The van der Waals surface area contributed by atoms with Gasteiger partial charge in [0.15, 0.2) is 0 Å². The van der Waals surface area contributed by atoms with Crippen LogP contribution >= 0.6 is 0 Å². The van der Waals surface area contributed by atoms with Gasteiger partial charge in [-0.2, -0.15) is 0 Å². The quantitative estimate of drug-likeness (QED) is 0.634. The van der Waals surface area contributed by atoms with Crippen LogP contribution in [-0.2, 0) is 9.53 Å². The molecule has 31 heavy (non-hydrogen) atoms. The molecule has 0 radical (unpaired) electrons. The molecule has 0 bridgehead atoms. The summed E-state index contributed by atoms with van der Waals surface area (Å²) in [5.41, 5.74) is 2.51. The number of ether oxygens (including phenoxy) is 2. The van der Waals surface area contributed by atoms with Crippen LogP contribution in [-0.4, -0.2) is 37.6 Å². The van der Waals surface area contributed by atoms with E-state index < -0.39 is 6.04 Å². The highest BCUT2D eigenvalue weighted by molar-refractivity contribution is 5.95. The first-order chi connectivity index (χ1) is 15.1. The monoisotopic (exact) mass is 420 g/mol. The summed E-state index contributed by atoms with van der Waals surface area (Å²) in [5, 5.41) is 3.02. The van der Waals surface area contributed by atoms with E-state index in [9.17, 15) is 9.18 Å². The molecule has 160 valence electrons. The van der Waals surface area contributed by atoms with Gasteiger partial charge < -0.3 is 14.8 Å². The van der Waals surface area contributed by atoms with Gasteiger partial charge >= 0.3 is 0 Å². The Bertz CT molecular complexity index is 994. The third-order valence-corrected chi connectivity index (χ3v) is 5.43. The largest absolute Gasteiger partial charge is 0.497 e. The fraction of sp³-hybridized carbons (Fsp3) is 0.240. The number of methoxy groups -OCH3 is 1. The molecule has 0 spiro atoms. The van der Waals surface area contributed by atoms with Crippen LogP contribution in [0.3, 0.4) is 0 Å². The zero-order valence-electron chi connectivity index (χ0n) is 17.3. The van der Waals surface area contributed by atoms with Gasteiger partial charge in [-0.1, -0.05) is 42.5 Å². The molecule has 1 N–H and O–H groups in total. The number of carbonyl (C=O) groups is 1. The summed E-state index contributed by atoms with van der Waals surface area (Å²) in [6.45, 7) is 1.63. The lowest BCUT2D eigenvalue weighted by molar-refractivity contribution is -0.125. The van der Waals surface area contributed by atoms with Gasteiger partial charge in [-0.15, -0.1) is 0 Å². The third-order valence-electron chi connectivity index (χ3n) is 5.43. The van der Waals surface area contributed by atoms with Crippen molar-refractivity contribution in [2.45, 2.75) is 12.1 Å². The maximum Gasteiger partial charge on any atom is 0.246 e. The minimum absolute atomic E-state index is 0.115. The maximum atomic E-state index is 13.4. The van der Waals surface area contributed by atoms with Crippen molar-refractivity contribution in [3.8, 4) is 5.75 Å². The molecule has 1 aliphatic rings. The first-order valence-corrected chi connectivity index (χ1v) is 10.2. The molecule has 4 rings (SSSR count). The summed E-state index contributed by atoms with van der Waals surface area (Å²) in [5.74, 6) is 0.335. The van der Waals surface area contributed by atoms with Crippen LogP contribution in [0.5, 0.6) is 5.75 Å². The topological polar surface area (TPSA) is 50.8 Å². The zero-order valence-corrected chi connectivity index (χ0v) is 17.3. The fourth-order valence-corrected chi connectivity index (χ4v) is 3.83. The first-order valence-electron chi connectivity index (χ1n) is 10.2. The van der Waals surface area contributed by atoms with Gasteiger partial charge in [0, 0.05) is 18.8 Å². The van der Waals surface area contributed by atoms with E-state index in [2.05, 4.69) is 10.2 Å². The van der Waals surface area contributed by atoms with Gasteiger partial charge in [0.25, 0.3) is 0 Å². The first kappa shape index (κ1) is 21.0. The lowest BCUT2D eigenvalue weighted by atomic mass is 10.0. The number of benzene rings is 3. The Balaban J connectivity index is 1.56. The summed E-state index contributed by atoms with van der Waals surface area (Å²) in [7, 11) is 1.61. The Hall–Kier alpha value is -3.22. The van der Waals surface area contributed by atoms with Gasteiger partial charge in [0.05, 0.1) is 19.8 Å². The summed E-state index contributed by atoms with van der Waals surface area (Å²) in [4.78, 5) is 15.5. The van der Waals surface area contributed by atoms with Gasteiger partial charge in [0.2, 0.25) is 5.91 Å². The minimum atomic E-state index is -0.477. The number of carbonyl (C=O) groups excluding carboxylic acids is 1. The Morgan fingerprint density at radius 1 is 1.06 bits per heavy atom. The van der Waals surface area contributed by atoms with E-state index in [-0.39, 0.29) is 17.8 Å². The average molecular weight is 420 g/mol. The van der Waals surface area contributed by atoms with Gasteiger partial charge in [0.1, 0.15) is 17.6 Å². The van der Waals surface area contributed by atoms with Crippen molar-refractivity contribution in [2.75, 3.05) is 32.1 Å². The van der Waals surface area contributed by atoms with Crippen LogP contribution in [0.25, 0.3) is 0 Å². The van der Waals surface area contributed by atoms with E-state index in [0.717, 1.165) is 16.9 Å². The Morgan fingerprint density at radius 3 is 2.45 bits per heavy atom. The molecule has 1 heterocycles. The molecule has 1 aliphatic heterocycles. The molecular weight excluding hydrogens is 395 g/mol. The van der Waals surface area contributed by atoms with Crippen molar-refractivity contribution in [1.82, 2.24) is 4.90 Å². The molecule has 2 unspecified atom stereocenters. The van der Waals surface area contributed by atoms with Gasteiger partial charge in [-0.05, 0) is 47.5 Å². The number of morpholine rings is 1. The van der Waals surface area contributed by atoms with Crippen molar-refractivity contribution in [2.24, 2.45) is 0 Å². The molecular formula is C25H25FN2O3. The Morgan fingerprint density at radius 2 is 1.77 bits per heavy atom. The molecule has 3 aromatic carbocycles. The molecule has 1 fully saturated rings. The van der Waals surface area contributed by atoms with E-state index in [4.69, 9.17) is 9.47 Å². The number of hydrogen-bond donors (Lipinski definition) is 1. The van der Waals surface area contributed by atoms with Crippen molar-refractivity contribution in [1.29, 1.82) is 0 Å². The number of anilines is 1. The second-order valence-corrected chi connectivity index (χ2v) is 7.44. The number of hydrogen-bond acceptors (Lipinski definition) is 4. The Kier molecular flexibility index (Phi) is 6.60. The van der Waals surface area contributed by atoms with Crippen LogP contribution in [0.15, 0.2) is 78.9 Å². The highest BCUT2D eigenvalue weighted by Gasteiger charge is 2.32. The highest BCUT2D eigenvalue weighted by Crippen LogP contribution is 2.30. The van der Waals surface area contributed by atoms with Gasteiger partial charge in [-0.25, -0.2) is 4.39 Å². The second kappa shape index (κ2) is 9.73. The number of rotatable bonds is 6. The Labute approximate surface area is 181 Å². The highest BCUT2D eigenvalue weighted by atomic mass is 19.1. The molecule has 0 aliphatic carbocycles. The predicted octanol–water partition coefficient (Wildman–Crippen LogP) is 4.59. The van der Waals surface area contributed by atoms with E-state index in [1.54, 1.807) is 19.2 Å². The average Bonchev–Trinajstić information content (AvgIpc) is 2.81. The molecule has 6 heteroatoms. The number of amides is 1. The third kappa shape index (κ3) is 5.10. The summed E-state index contributed by atoms with van der Waals surface area (Å²) in [6.07, 6.45) is -0.227. The second-order valence-electron chi connectivity index (χ2n) is 7.44. The lowest BCUT2D eigenvalue weighted by Gasteiger charge is -2.38. The van der Waals surface area contributed by atoms with Crippen molar-refractivity contribution in [3.63, 3.8) is 0 Å². The zero-order chi connectivity index (χ0) is 21.6. The summed E-state index contributed by atoms with van der Waals surface area (Å²) < 4.78 is 24.5. The molecule has 0 saturated carbocycles. The van der Waals surface area contributed by atoms with Gasteiger partial charge in [-0.3, -0.25) is 9.69 Å². The SMILES string of the molecule is COc1ccc(NC(=O)C(c2ccccc2)N2CCOC(c3ccc(F)cc3)C2)cc1. The van der Waals surface area contributed by atoms with Crippen molar-refractivity contribution < 1.29 is 18.7 Å². The van der Waals surface area contributed by atoms with E-state index >= 15 is 0 Å².